The minimum atomic E-state index is -3.77. The van der Waals surface area contributed by atoms with Crippen LogP contribution < -0.4 is 4.74 Å². The van der Waals surface area contributed by atoms with Crippen LogP contribution in [0.3, 0.4) is 0 Å². The lowest BCUT2D eigenvalue weighted by molar-refractivity contribution is -0.137. The molecule has 0 saturated carbocycles. The number of hydrogen-bond donors (Lipinski definition) is 1. The number of carboxylic acids is 1. The molecule has 1 aromatic carbocycles. The molecule has 8 heteroatoms. The van der Waals surface area contributed by atoms with Crippen molar-refractivity contribution in [3.63, 3.8) is 0 Å². The van der Waals surface area contributed by atoms with E-state index in [1.165, 1.54) is 19.2 Å². The fraction of sp³-hybridized carbons (Fsp3) is 0.462. The summed E-state index contributed by atoms with van der Waals surface area (Å²) >= 11 is 6.08. The van der Waals surface area contributed by atoms with Gasteiger partial charge >= 0.3 is 5.97 Å². The molecule has 6 nitrogen and oxygen atoms in total. The number of halogens is 1. The first-order valence-corrected chi connectivity index (χ1v) is 8.21. The van der Waals surface area contributed by atoms with Crippen molar-refractivity contribution in [3.05, 3.63) is 22.7 Å². The largest absolute Gasteiger partial charge is 0.489 e. The van der Waals surface area contributed by atoms with Crippen LogP contribution in [-0.2, 0) is 21.2 Å². The van der Waals surface area contributed by atoms with E-state index in [1.807, 2.05) is 6.92 Å². The van der Waals surface area contributed by atoms with Gasteiger partial charge in [-0.25, -0.2) is 12.7 Å². The van der Waals surface area contributed by atoms with E-state index in [0.717, 1.165) is 9.87 Å². The first-order valence-electron chi connectivity index (χ1n) is 6.39. The number of carbonyl (C=O) groups is 1. The fourth-order valence-electron chi connectivity index (χ4n) is 2.16. The molecule has 1 aliphatic heterocycles. The number of ether oxygens (including phenoxy) is 1. The second-order valence-electron chi connectivity index (χ2n) is 5.00. The first-order chi connectivity index (χ1) is 9.71. The zero-order chi connectivity index (χ0) is 15.8. The van der Waals surface area contributed by atoms with Crippen LogP contribution in [0.5, 0.6) is 5.75 Å². The number of fused-ring (bicyclic) bond motifs is 1. The average Bonchev–Trinajstić information content (AvgIpc) is 2.76. The summed E-state index contributed by atoms with van der Waals surface area (Å²) in [6.07, 6.45) is 0.298. The van der Waals surface area contributed by atoms with Crippen LogP contribution in [-0.4, -0.2) is 43.5 Å². The zero-order valence-corrected chi connectivity index (χ0v) is 13.2. The highest BCUT2D eigenvalue weighted by molar-refractivity contribution is 7.89. The summed E-state index contributed by atoms with van der Waals surface area (Å²) in [6, 6.07) is 2.88. The molecule has 1 unspecified atom stereocenters. The van der Waals surface area contributed by atoms with Gasteiger partial charge in [-0.05, 0) is 19.1 Å². The molecule has 1 aliphatic rings. The summed E-state index contributed by atoms with van der Waals surface area (Å²) in [5, 5.41) is 8.89. The van der Waals surface area contributed by atoms with E-state index in [-0.39, 0.29) is 29.0 Å². The van der Waals surface area contributed by atoms with Gasteiger partial charge < -0.3 is 9.84 Å². The lowest BCUT2D eigenvalue weighted by Gasteiger charge is -2.17. The highest BCUT2D eigenvalue weighted by Gasteiger charge is 2.28. The molecule has 0 bridgehead atoms. The molecule has 0 saturated heterocycles. The van der Waals surface area contributed by atoms with E-state index in [9.17, 15) is 13.2 Å². The SMILES string of the molecule is CC1Cc2cc(S(=O)(=O)N(C)CCC(=O)O)cc(Cl)c2O1. The summed E-state index contributed by atoms with van der Waals surface area (Å²) in [5.41, 5.74) is 0.750. The maximum atomic E-state index is 12.4. The number of sulfonamides is 1. The third-order valence-electron chi connectivity index (χ3n) is 3.27. The smallest absolute Gasteiger partial charge is 0.304 e. The van der Waals surface area contributed by atoms with Crippen molar-refractivity contribution in [2.75, 3.05) is 13.6 Å². The van der Waals surface area contributed by atoms with Gasteiger partial charge in [-0.2, -0.15) is 0 Å². The minimum Gasteiger partial charge on any atom is -0.489 e. The van der Waals surface area contributed by atoms with Crippen molar-refractivity contribution in [2.24, 2.45) is 0 Å². The molecule has 1 atom stereocenters. The molecule has 0 aliphatic carbocycles. The number of aliphatic carboxylic acids is 1. The Morgan fingerprint density at radius 3 is 2.81 bits per heavy atom. The van der Waals surface area contributed by atoms with Crippen LogP contribution in [0, 0.1) is 0 Å². The van der Waals surface area contributed by atoms with Crippen LogP contribution in [0.1, 0.15) is 18.9 Å². The lowest BCUT2D eigenvalue weighted by Crippen LogP contribution is -2.29. The Hall–Kier alpha value is -1.31. The van der Waals surface area contributed by atoms with Crippen LogP contribution in [0.2, 0.25) is 5.02 Å². The molecule has 0 amide bonds. The molecule has 0 fully saturated rings. The number of rotatable bonds is 5. The van der Waals surface area contributed by atoms with Gasteiger partial charge in [0.2, 0.25) is 10.0 Å². The topological polar surface area (TPSA) is 83.9 Å². The van der Waals surface area contributed by atoms with Crippen LogP contribution in [0.25, 0.3) is 0 Å². The predicted molar refractivity (Wildman–Crippen MR) is 77.3 cm³/mol. The molecule has 21 heavy (non-hydrogen) atoms. The molecule has 0 spiro atoms. The Kier molecular flexibility index (Phi) is 4.46. The summed E-state index contributed by atoms with van der Waals surface area (Å²) in [5.74, 6) is -0.525. The average molecular weight is 334 g/mol. The summed E-state index contributed by atoms with van der Waals surface area (Å²) < 4.78 is 31.4. The Balaban J connectivity index is 2.31. The predicted octanol–water partition coefficient (Wildman–Crippen LogP) is 1.76. The van der Waals surface area contributed by atoms with E-state index in [1.54, 1.807) is 0 Å². The van der Waals surface area contributed by atoms with Crippen molar-refractivity contribution in [1.29, 1.82) is 0 Å². The maximum absolute atomic E-state index is 12.4. The quantitative estimate of drug-likeness (QED) is 0.887. The fourth-order valence-corrected chi connectivity index (χ4v) is 3.76. The molecule has 116 valence electrons. The Labute approximate surface area is 128 Å². The van der Waals surface area contributed by atoms with Gasteiger partial charge in [-0.1, -0.05) is 11.6 Å². The van der Waals surface area contributed by atoms with Gasteiger partial charge in [0.1, 0.15) is 11.9 Å². The van der Waals surface area contributed by atoms with Gasteiger partial charge in [-0.3, -0.25) is 4.79 Å². The Bertz CT molecular complexity index is 673. The molecule has 2 rings (SSSR count). The second kappa shape index (κ2) is 5.82. The molecule has 1 N–H and O–H groups in total. The van der Waals surface area contributed by atoms with Crippen LogP contribution in [0.4, 0.5) is 0 Å². The van der Waals surface area contributed by atoms with Crippen molar-refractivity contribution in [3.8, 4) is 5.75 Å². The lowest BCUT2D eigenvalue weighted by atomic mass is 10.1. The number of carboxylic acid groups (broad SMARTS) is 1. The van der Waals surface area contributed by atoms with Crippen molar-refractivity contribution in [2.45, 2.75) is 30.8 Å². The maximum Gasteiger partial charge on any atom is 0.304 e. The van der Waals surface area contributed by atoms with E-state index in [2.05, 4.69) is 0 Å². The van der Waals surface area contributed by atoms with E-state index < -0.39 is 16.0 Å². The molecular weight excluding hydrogens is 318 g/mol. The van der Waals surface area contributed by atoms with E-state index in [0.29, 0.717) is 12.2 Å². The molecule has 1 aromatic rings. The third kappa shape index (κ3) is 3.30. The standard InChI is InChI=1S/C13H16ClNO5S/c1-8-5-9-6-10(7-11(14)13(9)20-8)21(18,19)15(2)4-3-12(16)17/h6-8H,3-5H2,1-2H3,(H,16,17). The Morgan fingerprint density at radius 2 is 2.19 bits per heavy atom. The van der Waals surface area contributed by atoms with Crippen LogP contribution in [0.15, 0.2) is 17.0 Å². The van der Waals surface area contributed by atoms with Crippen molar-refractivity contribution in [1.82, 2.24) is 4.31 Å². The highest BCUT2D eigenvalue weighted by atomic mass is 35.5. The summed E-state index contributed by atoms with van der Waals surface area (Å²) in [7, 11) is -2.42. The zero-order valence-electron chi connectivity index (χ0n) is 11.7. The van der Waals surface area contributed by atoms with Crippen molar-refractivity contribution >= 4 is 27.6 Å². The minimum absolute atomic E-state index is 0.0415. The Morgan fingerprint density at radius 1 is 1.52 bits per heavy atom. The number of benzene rings is 1. The normalized spacial score (nSPS) is 17.6. The van der Waals surface area contributed by atoms with Gasteiger partial charge in [-0.15, -0.1) is 0 Å². The van der Waals surface area contributed by atoms with Gasteiger partial charge in [0.25, 0.3) is 0 Å². The second-order valence-corrected chi connectivity index (χ2v) is 7.45. The van der Waals surface area contributed by atoms with Gasteiger partial charge in [0, 0.05) is 25.6 Å². The monoisotopic (exact) mass is 333 g/mol. The summed E-state index contributed by atoms with van der Waals surface area (Å²) in [6.45, 7) is 1.78. The molecule has 1 heterocycles. The first kappa shape index (κ1) is 16.1. The van der Waals surface area contributed by atoms with Crippen LogP contribution >= 0.6 is 11.6 Å². The number of hydrogen-bond acceptors (Lipinski definition) is 4. The number of nitrogens with zero attached hydrogens (tertiary/aromatic N) is 1. The molecule has 0 aromatic heterocycles. The van der Waals surface area contributed by atoms with E-state index >= 15 is 0 Å². The van der Waals surface area contributed by atoms with E-state index in [4.69, 9.17) is 21.4 Å². The van der Waals surface area contributed by atoms with Crippen molar-refractivity contribution < 1.29 is 23.1 Å². The van der Waals surface area contributed by atoms with Gasteiger partial charge in [0.15, 0.2) is 0 Å². The molecular formula is C13H16ClNO5S. The summed E-state index contributed by atoms with van der Waals surface area (Å²) in [4.78, 5) is 10.6. The van der Waals surface area contributed by atoms with Gasteiger partial charge in [0.05, 0.1) is 16.3 Å². The third-order valence-corrected chi connectivity index (χ3v) is 5.38. The highest BCUT2D eigenvalue weighted by Crippen LogP contribution is 2.38. The molecule has 0 radical (unpaired) electrons.